The molecule has 1 aliphatic carbocycles. The summed E-state index contributed by atoms with van der Waals surface area (Å²) in [5, 5.41) is 0. The zero-order valence-electron chi connectivity index (χ0n) is 15.9. The fourth-order valence-corrected chi connectivity index (χ4v) is 4.34. The SMILES string of the molecule is Cc1ccccc1-c1ccc(-c2cccc(CC3CCCC3)c2)c[n+]1C. The van der Waals surface area contributed by atoms with Crippen molar-refractivity contribution in [1.82, 2.24) is 0 Å². The predicted molar refractivity (Wildman–Crippen MR) is 109 cm³/mol. The van der Waals surface area contributed by atoms with E-state index in [4.69, 9.17) is 0 Å². The van der Waals surface area contributed by atoms with Gasteiger partial charge in [0.1, 0.15) is 7.05 Å². The monoisotopic (exact) mass is 342 g/mol. The highest BCUT2D eigenvalue weighted by Crippen LogP contribution is 2.29. The minimum Gasteiger partial charge on any atom is -0.200 e. The maximum absolute atomic E-state index is 2.39. The Kier molecular flexibility index (Phi) is 4.88. The number of hydrogen-bond acceptors (Lipinski definition) is 0. The molecule has 0 aliphatic heterocycles. The van der Waals surface area contributed by atoms with Crippen LogP contribution in [0.4, 0.5) is 0 Å². The van der Waals surface area contributed by atoms with E-state index in [-0.39, 0.29) is 0 Å². The summed E-state index contributed by atoms with van der Waals surface area (Å²) in [5.74, 6) is 0.893. The number of nitrogens with zero attached hydrogens (tertiary/aromatic N) is 1. The molecule has 1 fully saturated rings. The summed E-state index contributed by atoms with van der Waals surface area (Å²) < 4.78 is 2.25. The molecule has 0 N–H and O–H groups in total. The summed E-state index contributed by atoms with van der Waals surface area (Å²) in [4.78, 5) is 0. The highest BCUT2D eigenvalue weighted by atomic mass is 14.9. The highest BCUT2D eigenvalue weighted by molar-refractivity contribution is 5.66. The molecule has 1 nitrogen and oxygen atoms in total. The van der Waals surface area contributed by atoms with Gasteiger partial charge in [0.25, 0.3) is 0 Å². The topological polar surface area (TPSA) is 3.88 Å². The molecular weight excluding hydrogens is 314 g/mol. The van der Waals surface area contributed by atoms with E-state index in [2.05, 4.69) is 85.4 Å². The molecule has 0 radical (unpaired) electrons. The first-order valence-corrected chi connectivity index (χ1v) is 9.86. The number of hydrogen-bond donors (Lipinski definition) is 0. The zero-order chi connectivity index (χ0) is 17.9. The second kappa shape index (κ2) is 7.45. The quantitative estimate of drug-likeness (QED) is 0.521. The van der Waals surface area contributed by atoms with E-state index in [0.717, 1.165) is 5.92 Å². The number of aromatic nitrogens is 1. The lowest BCUT2D eigenvalue weighted by molar-refractivity contribution is -0.659. The molecule has 1 aliphatic rings. The minimum atomic E-state index is 0.893. The van der Waals surface area contributed by atoms with Crippen molar-refractivity contribution in [3.63, 3.8) is 0 Å². The number of rotatable bonds is 4. The van der Waals surface area contributed by atoms with Crippen LogP contribution in [0, 0.1) is 12.8 Å². The van der Waals surface area contributed by atoms with Crippen LogP contribution in [0.2, 0.25) is 0 Å². The Labute approximate surface area is 157 Å². The van der Waals surface area contributed by atoms with E-state index in [1.54, 1.807) is 0 Å². The molecule has 0 unspecified atom stereocenters. The predicted octanol–water partition coefficient (Wildman–Crippen LogP) is 5.89. The van der Waals surface area contributed by atoms with Crippen molar-refractivity contribution >= 4 is 0 Å². The van der Waals surface area contributed by atoms with Gasteiger partial charge in [-0.2, -0.15) is 0 Å². The molecule has 4 rings (SSSR count). The third kappa shape index (κ3) is 3.58. The molecule has 1 aromatic heterocycles. The average Bonchev–Trinajstić information content (AvgIpc) is 3.16. The van der Waals surface area contributed by atoms with Crippen LogP contribution in [0.15, 0.2) is 66.9 Å². The average molecular weight is 343 g/mol. The molecule has 2 aromatic carbocycles. The van der Waals surface area contributed by atoms with Crippen molar-refractivity contribution in [3.05, 3.63) is 78.0 Å². The lowest BCUT2D eigenvalue weighted by Gasteiger charge is -2.10. The van der Waals surface area contributed by atoms with E-state index >= 15 is 0 Å². The Morgan fingerprint density at radius 3 is 2.46 bits per heavy atom. The first-order valence-electron chi connectivity index (χ1n) is 9.86. The third-order valence-electron chi connectivity index (χ3n) is 5.81. The van der Waals surface area contributed by atoms with Gasteiger partial charge >= 0.3 is 0 Å². The van der Waals surface area contributed by atoms with E-state index in [1.165, 1.54) is 65.6 Å². The van der Waals surface area contributed by atoms with E-state index in [0.29, 0.717) is 0 Å². The van der Waals surface area contributed by atoms with Gasteiger partial charge in [-0.25, -0.2) is 4.57 Å². The van der Waals surface area contributed by atoms with Crippen molar-refractivity contribution in [2.45, 2.75) is 39.0 Å². The van der Waals surface area contributed by atoms with Gasteiger partial charge in [-0.15, -0.1) is 0 Å². The Bertz CT molecular complexity index is 904. The van der Waals surface area contributed by atoms with Gasteiger partial charge in [-0.1, -0.05) is 68.1 Å². The first-order chi connectivity index (χ1) is 12.7. The Morgan fingerprint density at radius 1 is 0.885 bits per heavy atom. The lowest BCUT2D eigenvalue weighted by Crippen LogP contribution is -2.30. The molecule has 1 saturated carbocycles. The third-order valence-corrected chi connectivity index (χ3v) is 5.81. The van der Waals surface area contributed by atoms with E-state index < -0.39 is 0 Å². The Balaban J connectivity index is 1.62. The molecular formula is C25H28N+. The minimum absolute atomic E-state index is 0.893. The van der Waals surface area contributed by atoms with Crippen LogP contribution in [0.25, 0.3) is 22.4 Å². The van der Waals surface area contributed by atoms with Gasteiger partial charge in [0.15, 0.2) is 6.20 Å². The van der Waals surface area contributed by atoms with Crippen LogP contribution in [0.1, 0.15) is 36.8 Å². The number of aryl methyl sites for hydroxylation is 2. The largest absolute Gasteiger partial charge is 0.212 e. The van der Waals surface area contributed by atoms with Gasteiger partial charge in [-0.3, -0.25) is 0 Å². The molecule has 0 atom stereocenters. The fraction of sp³-hybridized carbons (Fsp3) is 0.320. The molecule has 3 aromatic rings. The molecule has 1 heteroatoms. The maximum atomic E-state index is 2.39. The van der Waals surface area contributed by atoms with Crippen LogP contribution >= 0.6 is 0 Å². The summed E-state index contributed by atoms with van der Waals surface area (Å²) in [7, 11) is 2.15. The van der Waals surface area contributed by atoms with Crippen LogP contribution in [0.5, 0.6) is 0 Å². The van der Waals surface area contributed by atoms with Gasteiger partial charge in [0, 0.05) is 17.2 Å². The second-order valence-electron chi connectivity index (χ2n) is 7.78. The molecule has 0 spiro atoms. The summed E-state index contributed by atoms with van der Waals surface area (Å²) in [6.07, 6.45) is 9.15. The van der Waals surface area contributed by atoms with Crippen LogP contribution in [-0.4, -0.2) is 0 Å². The Morgan fingerprint density at radius 2 is 1.69 bits per heavy atom. The van der Waals surface area contributed by atoms with Gasteiger partial charge < -0.3 is 0 Å². The van der Waals surface area contributed by atoms with Crippen molar-refractivity contribution in [2.75, 3.05) is 0 Å². The normalized spacial score (nSPS) is 14.7. The van der Waals surface area contributed by atoms with Gasteiger partial charge in [0.05, 0.1) is 0 Å². The van der Waals surface area contributed by atoms with Crippen molar-refractivity contribution in [3.8, 4) is 22.4 Å². The molecule has 132 valence electrons. The van der Waals surface area contributed by atoms with Crippen molar-refractivity contribution in [2.24, 2.45) is 13.0 Å². The lowest BCUT2D eigenvalue weighted by atomic mass is 9.95. The van der Waals surface area contributed by atoms with Gasteiger partial charge in [0.2, 0.25) is 5.69 Å². The van der Waals surface area contributed by atoms with Crippen LogP contribution in [-0.2, 0) is 13.5 Å². The summed E-state index contributed by atoms with van der Waals surface area (Å²) in [6, 6.07) is 22.2. The molecule has 1 heterocycles. The zero-order valence-corrected chi connectivity index (χ0v) is 15.9. The van der Waals surface area contributed by atoms with E-state index in [1.807, 2.05) is 0 Å². The maximum Gasteiger partial charge on any atom is 0.212 e. The smallest absolute Gasteiger partial charge is 0.200 e. The second-order valence-corrected chi connectivity index (χ2v) is 7.78. The molecule has 0 amide bonds. The van der Waals surface area contributed by atoms with E-state index in [9.17, 15) is 0 Å². The molecule has 0 saturated heterocycles. The highest BCUT2D eigenvalue weighted by Gasteiger charge is 2.16. The summed E-state index contributed by atoms with van der Waals surface area (Å²) >= 11 is 0. The van der Waals surface area contributed by atoms with Crippen LogP contribution < -0.4 is 4.57 Å². The standard InChI is InChI=1S/C25H28N/c1-19-8-3-6-13-24(19)25-15-14-23(18-26(25)2)22-12-7-11-21(17-22)16-20-9-4-5-10-20/h3,6-8,11-15,17-18,20H,4-5,9-10,16H2,1-2H3/q+1. The Hall–Kier alpha value is -2.41. The van der Waals surface area contributed by atoms with Crippen LogP contribution in [0.3, 0.4) is 0 Å². The summed E-state index contributed by atoms with van der Waals surface area (Å²) in [5.41, 5.74) is 7.98. The fourth-order valence-electron chi connectivity index (χ4n) is 4.34. The van der Waals surface area contributed by atoms with Gasteiger partial charge in [-0.05, 0) is 48.1 Å². The number of benzene rings is 2. The first kappa shape index (κ1) is 17.0. The van der Waals surface area contributed by atoms with Crippen molar-refractivity contribution < 1.29 is 4.57 Å². The molecule has 0 bridgehead atoms. The molecule has 26 heavy (non-hydrogen) atoms. The number of pyridine rings is 1. The summed E-state index contributed by atoms with van der Waals surface area (Å²) in [6.45, 7) is 2.18. The van der Waals surface area contributed by atoms with Crippen molar-refractivity contribution in [1.29, 1.82) is 0 Å².